The molecule has 5 heterocycles. The molecule has 4 aromatic heterocycles. The Morgan fingerprint density at radius 3 is 3.07 bits per heavy atom. The highest BCUT2D eigenvalue weighted by Gasteiger charge is 2.38. The number of imidazole rings is 1. The van der Waals surface area contributed by atoms with Gasteiger partial charge in [-0.2, -0.15) is 10.1 Å². The van der Waals surface area contributed by atoms with Gasteiger partial charge in [0.2, 0.25) is 11.7 Å². The van der Waals surface area contributed by atoms with Gasteiger partial charge < -0.3 is 19.4 Å². The lowest BCUT2D eigenvalue weighted by molar-refractivity contribution is 0.0645. The molecule has 10 heteroatoms. The van der Waals surface area contributed by atoms with E-state index in [4.69, 9.17) is 16.0 Å². The number of hydrogen-bond donors (Lipinski definition) is 2. The minimum Gasteiger partial charge on any atom is -0.431 e. The number of nitrogens with zero attached hydrogens (tertiary/aromatic N) is 5. The molecule has 1 aliphatic rings. The Labute approximate surface area is 169 Å². The number of aromatic amines is 1. The predicted molar refractivity (Wildman–Crippen MR) is 103 cm³/mol. The van der Waals surface area contributed by atoms with Gasteiger partial charge >= 0.3 is 0 Å². The number of aromatic nitrogens is 5. The lowest BCUT2D eigenvalue weighted by atomic mass is 9.99. The van der Waals surface area contributed by atoms with Gasteiger partial charge in [0.05, 0.1) is 23.2 Å². The average molecular weight is 413 g/mol. The second-order valence-corrected chi connectivity index (χ2v) is 7.26. The summed E-state index contributed by atoms with van der Waals surface area (Å²) >= 11 is 6.14. The smallest absolute Gasteiger partial charge is 0.293 e. The third-order valence-corrected chi connectivity index (χ3v) is 5.27. The van der Waals surface area contributed by atoms with Crippen LogP contribution < -0.4 is 0 Å². The van der Waals surface area contributed by atoms with Gasteiger partial charge in [0.15, 0.2) is 5.15 Å². The quantitative estimate of drug-likeness (QED) is 0.534. The van der Waals surface area contributed by atoms with Crippen LogP contribution in [-0.4, -0.2) is 47.0 Å². The fourth-order valence-corrected chi connectivity index (χ4v) is 3.85. The average Bonchev–Trinajstić information content (AvgIpc) is 3.43. The molecule has 0 radical (unpaired) electrons. The zero-order valence-corrected chi connectivity index (χ0v) is 16.2. The Bertz CT molecular complexity index is 1180. The number of fused-ring (bicyclic) bond motifs is 2. The maximum Gasteiger partial charge on any atom is 0.293 e. The van der Waals surface area contributed by atoms with Crippen molar-refractivity contribution in [3.8, 4) is 0 Å². The molecule has 0 spiro atoms. The van der Waals surface area contributed by atoms with Crippen molar-refractivity contribution in [2.75, 3.05) is 6.54 Å². The zero-order chi connectivity index (χ0) is 20.1. The van der Waals surface area contributed by atoms with Gasteiger partial charge in [-0.1, -0.05) is 17.7 Å². The van der Waals surface area contributed by atoms with E-state index in [-0.39, 0.29) is 16.8 Å². The molecule has 0 saturated carbocycles. The number of halogens is 1. The summed E-state index contributed by atoms with van der Waals surface area (Å²) in [6.07, 6.45) is 3.11. The molecular weight excluding hydrogens is 396 g/mol. The maximum absolute atomic E-state index is 13.3. The van der Waals surface area contributed by atoms with E-state index in [0.29, 0.717) is 18.7 Å². The molecule has 4 aromatic rings. The number of amides is 1. The molecule has 0 aromatic carbocycles. The van der Waals surface area contributed by atoms with E-state index < -0.39 is 18.1 Å². The van der Waals surface area contributed by atoms with Crippen LogP contribution in [0.3, 0.4) is 0 Å². The van der Waals surface area contributed by atoms with Crippen molar-refractivity contribution in [3.05, 3.63) is 70.7 Å². The summed E-state index contributed by atoms with van der Waals surface area (Å²) in [7, 11) is 0. The first-order chi connectivity index (χ1) is 14.0. The number of H-pyrrole nitrogens is 1. The number of aliphatic hydroxyl groups excluding tert-OH is 1. The van der Waals surface area contributed by atoms with Crippen LogP contribution in [0.2, 0.25) is 5.15 Å². The largest absolute Gasteiger partial charge is 0.431 e. The zero-order valence-electron chi connectivity index (χ0n) is 15.4. The van der Waals surface area contributed by atoms with E-state index in [1.54, 1.807) is 15.7 Å². The van der Waals surface area contributed by atoms with E-state index in [1.165, 1.54) is 6.92 Å². The number of oxazole rings is 1. The molecule has 0 aliphatic carbocycles. The van der Waals surface area contributed by atoms with Crippen molar-refractivity contribution in [1.29, 1.82) is 0 Å². The molecule has 5 rings (SSSR count). The van der Waals surface area contributed by atoms with Crippen LogP contribution in [0.25, 0.3) is 5.52 Å². The summed E-state index contributed by atoms with van der Waals surface area (Å²) in [6.45, 7) is 1.92. The van der Waals surface area contributed by atoms with Crippen LogP contribution in [0.1, 0.15) is 52.6 Å². The number of hydrogen-bond acceptors (Lipinski definition) is 6. The molecule has 2 atom stereocenters. The van der Waals surface area contributed by atoms with Crippen molar-refractivity contribution in [1.82, 2.24) is 29.5 Å². The molecule has 9 nitrogen and oxygen atoms in total. The summed E-state index contributed by atoms with van der Waals surface area (Å²) in [5, 5.41) is 14.3. The fourth-order valence-electron chi connectivity index (χ4n) is 3.64. The van der Waals surface area contributed by atoms with Gasteiger partial charge in [-0.15, -0.1) is 0 Å². The van der Waals surface area contributed by atoms with Gasteiger partial charge in [0, 0.05) is 24.9 Å². The number of carbonyl (C=O) groups is 1. The summed E-state index contributed by atoms with van der Waals surface area (Å²) in [4.78, 5) is 26.5. The normalized spacial score (nSPS) is 17.5. The van der Waals surface area contributed by atoms with Crippen LogP contribution in [0.15, 0.2) is 41.2 Å². The Morgan fingerprint density at radius 1 is 1.45 bits per heavy atom. The Balaban J connectivity index is 1.60. The Hall–Kier alpha value is -3.17. The standard InChI is InChI=1S/C19H17ClN6O3/c1-10(27)18-23-17(20)16(29-18)19(28)25-7-5-12-14(22-9-21-12)15(25)13-8-11-4-2-3-6-26(11)24-13/h2-4,6,8-10,15,27H,5,7H2,1H3,(H,21,22)/t10?,15-/m1/s1. The van der Waals surface area contributed by atoms with Crippen molar-refractivity contribution in [2.24, 2.45) is 0 Å². The van der Waals surface area contributed by atoms with Crippen molar-refractivity contribution >= 4 is 23.0 Å². The number of carbonyl (C=O) groups excluding carboxylic acids is 1. The molecular formula is C19H17ClN6O3. The van der Waals surface area contributed by atoms with E-state index in [2.05, 4.69) is 20.1 Å². The second kappa shape index (κ2) is 6.71. The summed E-state index contributed by atoms with van der Waals surface area (Å²) in [5.41, 5.74) is 3.29. The number of aliphatic hydroxyl groups is 1. The van der Waals surface area contributed by atoms with E-state index in [1.807, 2.05) is 30.5 Å². The Morgan fingerprint density at radius 2 is 2.31 bits per heavy atom. The minimum atomic E-state index is -0.970. The first kappa shape index (κ1) is 17.9. The molecule has 0 fully saturated rings. The van der Waals surface area contributed by atoms with Crippen molar-refractivity contribution < 1.29 is 14.3 Å². The van der Waals surface area contributed by atoms with Crippen molar-refractivity contribution in [3.63, 3.8) is 0 Å². The van der Waals surface area contributed by atoms with E-state index in [0.717, 1.165) is 16.9 Å². The predicted octanol–water partition coefficient (Wildman–Crippen LogP) is 2.54. The van der Waals surface area contributed by atoms with Gasteiger partial charge in [0.1, 0.15) is 12.1 Å². The Kier molecular flexibility index (Phi) is 4.14. The molecule has 1 aliphatic heterocycles. The third kappa shape index (κ3) is 2.90. The highest BCUT2D eigenvalue weighted by atomic mass is 35.5. The molecule has 0 saturated heterocycles. The number of pyridine rings is 1. The van der Waals surface area contributed by atoms with Gasteiger partial charge in [-0.25, -0.2) is 9.50 Å². The minimum absolute atomic E-state index is 0.0000908. The summed E-state index contributed by atoms with van der Waals surface area (Å²) in [5.74, 6) is -0.527. The highest BCUT2D eigenvalue weighted by Crippen LogP contribution is 2.35. The monoisotopic (exact) mass is 412 g/mol. The molecule has 148 valence electrons. The van der Waals surface area contributed by atoms with Crippen LogP contribution >= 0.6 is 11.6 Å². The van der Waals surface area contributed by atoms with Gasteiger partial charge in [-0.3, -0.25) is 4.79 Å². The molecule has 0 bridgehead atoms. The third-order valence-electron chi connectivity index (χ3n) is 5.01. The summed E-state index contributed by atoms with van der Waals surface area (Å²) < 4.78 is 7.22. The molecule has 1 amide bonds. The van der Waals surface area contributed by atoms with Gasteiger partial charge in [-0.05, 0) is 25.1 Å². The lowest BCUT2D eigenvalue weighted by Crippen LogP contribution is -2.41. The molecule has 29 heavy (non-hydrogen) atoms. The van der Waals surface area contributed by atoms with Gasteiger partial charge in [0.25, 0.3) is 5.91 Å². The first-order valence-corrected chi connectivity index (χ1v) is 9.52. The number of nitrogens with one attached hydrogen (secondary N) is 1. The van der Waals surface area contributed by atoms with E-state index in [9.17, 15) is 9.90 Å². The summed E-state index contributed by atoms with van der Waals surface area (Å²) in [6, 6.07) is 7.18. The van der Waals surface area contributed by atoms with E-state index >= 15 is 0 Å². The lowest BCUT2D eigenvalue weighted by Gasteiger charge is -2.33. The van der Waals surface area contributed by atoms with Crippen LogP contribution in [0.5, 0.6) is 0 Å². The molecule has 2 N–H and O–H groups in total. The first-order valence-electron chi connectivity index (χ1n) is 9.14. The molecule has 1 unspecified atom stereocenters. The SMILES string of the molecule is CC(O)c1nc(Cl)c(C(=O)N2CCc3[nH]cnc3[C@H]2c2cc3ccccn3n2)o1. The van der Waals surface area contributed by atoms with Crippen LogP contribution in [-0.2, 0) is 6.42 Å². The topological polar surface area (TPSA) is 113 Å². The van der Waals surface area contributed by atoms with Crippen LogP contribution in [0.4, 0.5) is 0 Å². The fraction of sp³-hybridized carbons (Fsp3) is 0.263. The van der Waals surface area contributed by atoms with Crippen LogP contribution in [0, 0.1) is 0 Å². The van der Waals surface area contributed by atoms with Crippen molar-refractivity contribution in [2.45, 2.75) is 25.5 Å². The second-order valence-electron chi connectivity index (χ2n) is 6.90. The number of rotatable bonds is 3. The highest BCUT2D eigenvalue weighted by molar-refractivity contribution is 6.32. The maximum atomic E-state index is 13.3.